The smallest absolute Gasteiger partial charge is 0.408 e. The molecule has 7 nitrogen and oxygen atoms in total. The monoisotopic (exact) mass is 316 g/mol. The molecule has 0 unspecified atom stereocenters. The van der Waals surface area contributed by atoms with E-state index in [1.807, 2.05) is 13.8 Å². The molecule has 0 aliphatic carbocycles. The van der Waals surface area contributed by atoms with Crippen LogP contribution in [0.3, 0.4) is 0 Å². The van der Waals surface area contributed by atoms with Crippen LogP contribution in [0.1, 0.15) is 47.5 Å². The van der Waals surface area contributed by atoms with E-state index in [1.54, 1.807) is 20.8 Å². The molecule has 128 valence electrons. The van der Waals surface area contributed by atoms with Crippen LogP contribution in [0.15, 0.2) is 0 Å². The summed E-state index contributed by atoms with van der Waals surface area (Å²) in [6.45, 7) is 9.31. The van der Waals surface area contributed by atoms with Gasteiger partial charge in [-0.25, -0.2) is 4.79 Å². The summed E-state index contributed by atoms with van der Waals surface area (Å²) in [6.07, 6.45) is -0.0758. The van der Waals surface area contributed by atoms with Gasteiger partial charge < -0.3 is 20.1 Å². The Bertz CT molecular complexity index is 388. The van der Waals surface area contributed by atoms with Crippen LogP contribution >= 0.6 is 0 Å². The van der Waals surface area contributed by atoms with E-state index in [1.165, 1.54) is 7.11 Å². The maximum atomic E-state index is 12.1. The first-order valence-corrected chi connectivity index (χ1v) is 7.39. The number of methoxy groups -OCH3 is 1. The molecule has 0 aliphatic rings. The highest BCUT2D eigenvalue weighted by atomic mass is 16.6. The molecule has 0 aromatic rings. The molecular weight excluding hydrogens is 288 g/mol. The molecule has 22 heavy (non-hydrogen) atoms. The Morgan fingerprint density at radius 2 is 1.73 bits per heavy atom. The number of rotatable bonds is 7. The van der Waals surface area contributed by atoms with Gasteiger partial charge in [0.25, 0.3) is 0 Å². The van der Waals surface area contributed by atoms with Crippen molar-refractivity contribution in [2.24, 2.45) is 5.92 Å². The van der Waals surface area contributed by atoms with E-state index in [9.17, 15) is 14.4 Å². The second-order valence-electron chi connectivity index (χ2n) is 6.45. The third kappa shape index (κ3) is 10.0. The minimum atomic E-state index is -0.701. The Labute approximate surface area is 132 Å². The standard InChI is InChI=1S/C15H28N2O5/c1-10(2)9-11(17-14(20)22-15(3,4)5)13(19)16-8-7-12(18)21-6/h10-11H,7-9H2,1-6H3,(H,16,19)(H,17,20)/t11-/m0/s1. The lowest BCUT2D eigenvalue weighted by molar-refractivity contribution is -0.140. The number of nitrogens with one attached hydrogen (secondary N) is 2. The zero-order chi connectivity index (χ0) is 17.3. The van der Waals surface area contributed by atoms with Gasteiger partial charge in [0, 0.05) is 6.54 Å². The SMILES string of the molecule is COC(=O)CCNC(=O)[C@H](CC(C)C)NC(=O)OC(C)(C)C. The van der Waals surface area contributed by atoms with Crippen molar-refractivity contribution < 1.29 is 23.9 Å². The lowest BCUT2D eigenvalue weighted by Crippen LogP contribution is -2.49. The van der Waals surface area contributed by atoms with Crippen LogP contribution in [-0.4, -0.2) is 43.3 Å². The molecule has 2 amide bonds. The average molecular weight is 316 g/mol. The highest BCUT2D eigenvalue weighted by molar-refractivity contribution is 5.86. The molecule has 1 atom stereocenters. The van der Waals surface area contributed by atoms with Gasteiger partial charge in [-0.05, 0) is 33.1 Å². The lowest BCUT2D eigenvalue weighted by Gasteiger charge is -2.24. The molecule has 2 N–H and O–H groups in total. The van der Waals surface area contributed by atoms with Crippen molar-refractivity contribution >= 4 is 18.0 Å². The maximum Gasteiger partial charge on any atom is 0.408 e. The number of hydrogen-bond donors (Lipinski definition) is 2. The van der Waals surface area contributed by atoms with Crippen molar-refractivity contribution in [1.82, 2.24) is 10.6 Å². The third-order valence-corrected chi connectivity index (χ3v) is 2.57. The summed E-state index contributed by atoms with van der Waals surface area (Å²) in [5.41, 5.74) is -0.631. The summed E-state index contributed by atoms with van der Waals surface area (Å²) in [5.74, 6) is -0.532. The van der Waals surface area contributed by atoms with Crippen LogP contribution in [0.4, 0.5) is 4.79 Å². The molecule has 0 aliphatic heterocycles. The second-order valence-corrected chi connectivity index (χ2v) is 6.45. The van der Waals surface area contributed by atoms with Gasteiger partial charge in [0.15, 0.2) is 0 Å². The number of carbonyl (C=O) groups excluding carboxylic acids is 3. The number of carbonyl (C=O) groups is 3. The average Bonchev–Trinajstić information content (AvgIpc) is 2.34. The van der Waals surface area contributed by atoms with E-state index in [-0.39, 0.29) is 24.8 Å². The van der Waals surface area contributed by atoms with Gasteiger partial charge in [-0.3, -0.25) is 9.59 Å². The minimum absolute atomic E-state index is 0.0864. The summed E-state index contributed by atoms with van der Waals surface area (Å²) in [5, 5.41) is 5.18. The molecule has 0 fully saturated rings. The van der Waals surface area contributed by atoms with E-state index in [0.29, 0.717) is 6.42 Å². The molecule has 0 aromatic carbocycles. The van der Waals surface area contributed by atoms with E-state index in [2.05, 4.69) is 15.4 Å². The first-order chi connectivity index (χ1) is 10.0. The second kappa shape index (κ2) is 9.27. The van der Waals surface area contributed by atoms with Gasteiger partial charge in [0.2, 0.25) is 5.91 Å². The summed E-state index contributed by atoms with van der Waals surface area (Å²) in [4.78, 5) is 34.9. The fourth-order valence-electron chi connectivity index (χ4n) is 1.67. The third-order valence-electron chi connectivity index (χ3n) is 2.57. The number of hydrogen-bond acceptors (Lipinski definition) is 5. The normalized spacial score (nSPS) is 12.5. The first kappa shape index (κ1) is 20.2. The lowest BCUT2D eigenvalue weighted by atomic mass is 10.0. The fraction of sp³-hybridized carbons (Fsp3) is 0.800. The topological polar surface area (TPSA) is 93.7 Å². The molecule has 0 spiro atoms. The molecule has 0 heterocycles. The molecule has 0 radical (unpaired) electrons. The summed E-state index contributed by atoms with van der Waals surface area (Å²) in [6, 6.07) is -0.701. The van der Waals surface area contributed by atoms with Gasteiger partial charge in [-0.2, -0.15) is 0 Å². The maximum absolute atomic E-state index is 12.1. The van der Waals surface area contributed by atoms with E-state index in [4.69, 9.17) is 4.74 Å². The molecule has 0 rings (SSSR count). The van der Waals surface area contributed by atoms with Crippen LogP contribution < -0.4 is 10.6 Å². The predicted molar refractivity (Wildman–Crippen MR) is 82.3 cm³/mol. The van der Waals surface area contributed by atoms with Crippen molar-refractivity contribution in [2.45, 2.75) is 59.1 Å². The van der Waals surface area contributed by atoms with Gasteiger partial charge in [-0.1, -0.05) is 13.8 Å². The fourth-order valence-corrected chi connectivity index (χ4v) is 1.67. The molecule has 0 aromatic heterocycles. The number of amides is 2. The number of esters is 1. The van der Waals surface area contributed by atoms with Gasteiger partial charge in [-0.15, -0.1) is 0 Å². The molecule has 0 saturated carbocycles. The van der Waals surface area contributed by atoms with Crippen molar-refractivity contribution in [3.8, 4) is 0 Å². The zero-order valence-corrected chi connectivity index (χ0v) is 14.3. The first-order valence-electron chi connectivity index (χ1n) is 7.39. The Kier molecular flexibility index (Phi) is 8.52. The van der Waals surface area contributed by atoms with E-state index < -0.39 is 23.7 Å². The van der Waals surface area contributed by atoms with Crippen LogP contribution in [0.25, 0.3) is 0 Å². The van der Waals surface area contributed by atoms with Crippen LogP contribution in [0, 0.1) is 5.92 Å². The Morgan fingerprint density at radius 3 is 2.18 bits per heavy atom. The zero-order valence-electron chi connectivity index (χ0n) is 14.3. The quantitative estimate of drug-likeness (QED) is 0.696. The van der Waals surface area contributed by atoms with E-state index in [0.717, 1.165) is 0 Å². The van der Waals surface area contributed by atoms with Gasteiger partial charge in [0.05, 0.1) is 13.5 Å². The van der Waals surface area contributed by atoms with Crippen molar-refractivity contribution in [3.05, 3.63) is 0 Å². The number of ether oxygens (including phenoxy) is 2. The Hall–Kier alpha value is -1.79. The summed E-state index contributed by atoms with van der Waals surface area (Å²) < 4.78 is 9.65. The van der Waals surface area contributed by atoms with E-state index >= 15 is 0 Å². The van der Waals surface area contributed by atoms with Gasteiger partial charge in [0.1, 0.15) is 11.6 Å². The van der Waals surface area contributed by atoms with Crippen LogP contribution in [0.2, 0.25) is 0 Å². The largest absolute Gasteiger partial charge is 0.469 e. The van der Waals surface area contributed by atoms with Crippen molar-refractivity contribution in [3.63, 3.8) is 0 Å². The Morgan fingerprint density at radius 1 is 1.14 bits per heavy atom. The highest BCUT2D eigenvalue weighted by Crippen LogP contribution is 2.09. The molecule has 7 heteroatoms. The minimum Gasteiger partial charge on any atom is -0.469 e. The predicted octanol–water partition coefficient (Wildman–Crippen LogP) is 1.61. The molecular formula is C15H28N2O5. The Balaban J connectivity index is 4.52. The van der Waals surface area contributed by atoms with Crippen LogP contribution in [-0.2, 0) is 19.1 Å². The highest BCUT2D eigenvalue weighted by Gasteiger charge is 2.25. The van der Waals surface area contributed by atoms with Crippen LogP contribution in [0.5, 0.6) is 0 Å². The summed E-state index contributed by atoms with van der Waals surface area (Å²) in [7, 11) is 1.29. The number of alkyl carbamates (subject to hydrolysis) is 1. The molecule has 0 saturated heterocycles. The van der Waals surface area contributed by atoms with Crippen molar-refractivity contribution in [1.29, 1.82) is 0 Å². The molecule has 0 bridgehead atoms. The van der Waals surface area contributed by atoms with Gasteiger partial charge >= 0.3 is 12.1 Å². The van der Waals surface area contributed by atoms with Crippen molar-refractivity contribution in [2.75, 3.05) is 13.7 Å². The summed E-state index contributed by atoms with van der Waals surface area (Å²) >= 11 is 0.